The molecule has 4 nitrogen and oxygen atoms in total. The molecule has 3 rings (SSSR count). The van der Waals surface area contributed by atoms with Crippen molar-refractivity contribution in [3.8, 4) is 0 Å². The Hall–Kier alpha value is -2.36. The number of fused-ring (bicyclic) bond motifs is 1. The molecule has 2 aromatic rings. The quantitative estimate of drug-likeness (QED) is 0.801. The molecule has 20 heavy (non-hydrogen) atoms. The average Bonchev–Trinajstić information content (AvgIpc) is 3.04. The molecule has 102 valence electrons. The van der Waals surface area contributed by atoms with Crippen LogP contribution in [0, 0.1) is 0 Å². The number of allylic oxidation sites excluding steroid dienone is 1. The van der Waals surface area contributed by atoms with Crippen LogP contribution in [-0.4, -0.2) is 22.4 Å². The van der Waals surface area contributed by atoms with E-state index in [1.54, 1.807) is 6.92 Å². The third-order valence-corrected chi connectivity index (χ3v) is 3.34. The molecule has 0 atom stereocenters. The van der Waals surface area contributed by atoms with Crippen LogP contribution < -0.4 is 0 Å². The third kappa shape index (κ3) is 2.25. The number of carbonyl (C=O) groups excluding carboxylic acids is 1. The van der Waals surface area contributed by atoms with Gasteiger partial charge in [0.15, 0.2) is 5.69 Å². The van der Waals surface area contributed by atoms with E-state index in [0.29, 0.717) is 18.8 Å². The first-order valence-electron chi connectivity index (χ1n) is 6.77. The van der Waals surface area contributed by atoms with Crippen LogP contribution in [0.3, 0.4) is 0 Å². The van der Waals surface area contributed by atoms with Crippen LogP contribution in [0.15, 0.2) is 36.4 Å². The zero-order chi connectivity index (χ0) is 13.9. The highest BCUT2D eigenvalue weighted by atomic mass is 16.5. The molecule has 0 saturated heterocycles. The summed E-state index contributed by atoms with van der Waals surface area (Å²) < 4.78 is 6.95. The van der Waals surface area contributed by atoms with Crippen molar-refractivity contribution in [1.82, 2.24) is 9.78 Å². The zero-order valence-electron chi connectivity index (χ0n) is 11.4. The Balaban J connectivity index is 1.94. The molecule has 1 aliphatic rings. The van der Waals surface area contributed by atoms with E-state index in [1.165, 1.54) is 0 Å². The Kier molecular flexibility index (Phi) is 3.37. The Morgan fingerprint density at radius 2 is 2.15 bits per heavy atom. The molecule has 0 radical (unpaired) electrons. The number of esters is 1. The molecule has 0 amide bonds. The summed E-state index contributed by atoms with van der Waals surface area (Å²) in [5, 5.41) is 4.44. The van der Waals surface area contributed by atoms with Gasteiger partial charge in [-0.25, -0.2) is 4.79 Å². The molecule has 1 heterocycles. The van der Waals surface area contributed by atoms with Crippen molar-refractivity contribution >= 4 is 12.0 Å². The van der Waals surface area contributed by atoms with Gasteiger partial charge < -0.3 is 4.74 Å². The van der Waals surface area contributed by atoms with Gasteiger partial charge in [0.1, 0.15) is 0 Å². The van der Waals surface area contributed by atoms with Crippen LogP contribution in [0.4, 0.5) is 0 Å². The highest BCUT2D eigenvalue weighted by Gasteiger charge is 2.24. The fourth-order valence-electron chi connectivity index (χ4n) is 2.43. The lowest BCUT2D eigenvalue weighted by Gasteiger charge is -2.04. The normalized spacial score (nSPS) is 12.4. The summed E-state index contributed by atoms with van der Waals surface area (Å²) in [6.07, 6.45) is 4.82. The van der Waals surface area contributed by atoms with E-state index in [0.717, 1.165) is 23.2 Å². The fourth-order valence-corrected chi connectivity index (χ4v) is 2.43. The predicted molar refractivity (Wildman–Crippen MR) is 76.5 cm³/mol. The van der Waals surface area contributed by atoms with E-state index in [9.17, 15) is 4.79 Å². The van der Waals surface area contributed by atoms with Crippen molar-refractivity contribution < 1.29 is 9.53 Å². The van der Waals surface area contributed by atoms with E-state index in [2.05, 4.69) is 23.3 Å². The number of benzene rings is 1. The summed E-state index contributed by atoms with van der Waals surface area (Å²) in [5.41, 5.74) is 3.59. The van der Waals surface area contributed by atoms with E-state index >= 15 is 0 Å². The van der Waals surface area contributed by atoms with E-state index in [-0.39, 0.29) is 5.97 Å². The molecule has 0 bridgehead atoms. The van der Waals surface area contributed by atoms with Gasteiger partial charge in [0, 0.05) is 5.56 Å². The van der Waals surface area contributed by atoms with Crippen LogP contribution in [-0.2, 0) is 17.7 Å². The molecule has 1 aromatic heterocycles. The molecule has 0 fully saturated rings. The average molecular weight is 268 g/mol. The largest absolute Gasteiger partial charge is 0.461 e. The van der Waals surface area contributed by atoms with Crippen molar-refractivity contribution in [2.45, 2.75) is 19.9 Å². The maximum Gasteiger partial charge on any atom is 0.359 e. The highest BCUT2D eigenvalue weighted by Crippen LogP contribution is 2.24. The number of rotatable bonds is 4. The number of hydrogen-bond acceptors (Lipinski definition) is 3. The molecule has 0 saturated carbocycles. The zero-order valence-corrected chi connectivity index (χ0v) is 11.4. The van der Waals surface area contributed by atoms with Gasteiger partial charge >= 0.3 is 5.97 Å². The van der Waals surface area contributed by atoms with Crippen molar-refractivity contribution in [1.29, 1.82) is 0 Å². The van der Waals surface area contributed by atoms with E-state index < -0.39 is 0 Å². The monoisotopic (exact) mass is 268 g/mol. The summed E-state index contributed by atoms with van der Waals surface area (Å²) >= 11 is 0. The van der Waals surface area contributed by atoms with Gasteiger partial charge in [0.2, 0.25) is 0 Å². The molecule has 0 aliphatic heterocycles. The summed E-state index contributed by atoms with van der Waals surface area (Å²) in [7, 11) is 0. The minimum atomic E-state index is -0.334. The van der Waals surface area contributed by atoms with Crippen LogP contribution in [0.2, 0.25) is 0 Å². The topological polar surface area (TPSA) is 44.1 Å². The lowest BCUT2D eigenvalue weighted by molar-refractivity contribution is 0.0517. The van der Waals surface area contributed by atoms with Crippen LogP contribution in [0.1, 0.15) is 34.2 Å². The maximum absolute atomic E-state index is 11.9. The molecule has 1 aliphatic carbocycles. The van der Waals surface area contributed by atoms with Crippen LogP contribution in [0.5, 0.6) is 0 Å². The first kappa shape index (κ1) is 12.7. The first-order chi connectivity index (χ1) is 9.79. The Bertz CT molecular complexity index is 657. The number of carbonyl (C=O) groups is 1. The Morgan fingerprint density at radius 1 is 1.35 bits per heavy atom. The third-order valence-electron chi connectivity index (χ3n) is 3.34. The molecule has 1 aromatic carbocycles. The van der Waals surface area contributed by atoms with Crippen molar-refractivity contribution in [3.05, 3.63) is 58.9 Å². The number of aromatic nitrogens is 2. The number of ether oxygens (including phenoxy) is 1. The van der Waals surface area contributed by atoms with Crippen LogP contribution in [0.25, 0.3) is 6.08 Å². The molecule has 4 heteroatoms. The van der Waals surface area contributed by atoms with Gasteiger partial charge in [-0.2, -0.15) is 5.10 Å². The smallest absolute Gasteiger partial charge is 0.359 e. The molecular formula is C16H16N2O2. The summed E-state index contributed by atoms with van der Waals surface area (Å²) in [4.78, 5) is 11.9. The van der Waals surface area contributed by atoms with Crippen molar-refractivity contribution in [3.63, 3.8) is 0 Å². The second-order valence-corrected chi connectivity index (χ2v) is 4.68. The SMILES string of the molecule is CCOC(=O)c1nn(Cc2ccccc2)c2c1CC=C2. The minimum Gasteiger partial charge on any atom is -0.461 e. The van der Waals surface area contributed by atoms with Gasteiger partial charge in [-0.05, 0) is 25.0 Å². The number of hydrogen-bond donors (Lipinski definition) is 0. The lowest BCUT2D eigenvalue weighted by atomic mass is 10.2. The minimum absolute atomic E-state index is 0.334. The predicted octanol–water partition coefficient (Wildman–Crippen LogP) is 2.68. The van der Waals surface area contributed by atoms with E-state index in [4.69, 9.17) is 4.74 Å². The van der Waals surface area contributed by atoms with Gasteiger partial charge in [-0.15, -0.1) is 0 Å². The van der Waals surface area contributed by atoms with Gasteiger partial charge in [0.25, 0.3) is 0 Å². The summed E-state index contributed by atoms with van der Waals surface area (Å²) in [5.74, 6) is -0.334. The Labute approximate surface area is 117 Å². The standard InChI is InChI=1S/C16H16N2O2/c1-2-20-16(19)15-13-9-6-10-14(13)18(17-15)11-12-7-4-3-5-8-12/h3-8,10H,2,9,11H2,1H3. The second-order valence-electron chi connectivity index (χ2n) is 4.68. The van der Waals surface area contributed by atoms with Crippen LogP contribution >= 0.6 is 0 Å². The fraction of sp³-hybridized carbons (Fsp3) is 0.250. The summed E-state index contributed by atoms with van der Waals surface area (Å²) in [6.45, 7) is 2.83. The van der Waals surface area contributed by atoms with Crippen molar-refractivity contribution in [2.24, 2.45) is 0 Å². The first-order valence-corrected chi connectivity index (χ1v) is 6.77. The summed E-state index contributed by atoms with van der Waals surface area (Å²) in [6, 6.07) is 10.1. The second kappa shape index (κ2) is 5.33. The van der Waals surface area contributed by atoms with E-state index in [1.807, 2.05) is 29.0 Å². The molecule has 0 spiro atoms. The Morgan fingerprint density at radius 3 is 2.90 bits per heavy atom. The maximum atomic E-state index is 11.9. The van der Waals surface area contributed by atoms with Gasteiger partial charge in [-0.1, -0.05) is 36.4 Å². The van der Waals surface area contributed by atoms with Crippen molar-refractivity contribution in [2.75, 3.05) is 6.61 Å². The lowest BCUT2D eigenvalue weighted by Crippen LogP contribution is -2.09. The molecule has 0 N–H and O–H groups in total. The van der Waals surface area contributed by atoms with Gasteiger partial charge in [0.05, 0.1) is 18.8 Å². The molecular weight excluding hydrogens is 252 g/mol. The molecule has 0 unspecified atom stereocenters. The van der Waals surface area contributed by atoms with Gasteiger partial charge in [-0.3, -0.25) is 4.68 Å². The highest BCUT2D eigenvalue weighted by molar-refractivity contribution is 5.90. The number of nitrogens with zero attached hydrogens (tertiary/aromatic N) is 2.